The SMILES string of the molecule is Cc1cc(C)c(C)c(CNCC2COCCN2)c1C. The van der Waals surface area contributed by atoms with Gasteiger partial charge in [-0.25, -0.2) is 0 Å². The van der Waals surface area contributed by atoms with E-state index in [-0.39, 0.29) is 0 Å². The van der Waals surface area contributed by atoms with Crippen molar-refractivity contribution in [3.63, 3.8) is 0 Å². The molecule has 0 spiro atoms. The van der Waals surface area contributed by atoms with Crippen LogP contribution in [0.4, 0.5) is 0 Å². The second-order valence-corrected chi connectivity index (χ2v) is 5.60. The van der Waals surface area contributed by atoms with Crippen LogP contribution in [0, 0.1) is 27.7 Å². The van der Waals surface area contributed by atoms with Crippen molar-refractivity contribution in [3.8, 4) is 0 Å². The fourth-order valence-corrected chi connectivity index (χ4v) is 2.69. The topological polar surface area (TPSA) is 33.3 Å². The summed E-state index contributed by atoms with van der Waals surface area (Å²) in [4.78, 5) is 0. The molecule has 1 heterocycles. The lowest BCUT2D eigenvalue weighted by Gasteiger charge is -2.24. The van der Waals surface area contributed by atoms with Crippen molar-refractivity contribution in [2.24, 2.45) is 0 Å². The Bertz CT molecular complexity index is 411. The van der Waals surface area contributed by atoms with E-state index in [1.54, 1.807) is 0 Å². The number of hydrogen-bond acceptors (Lipinski definition) is 3. The van der Waals surface area contributed by atoms with Gasteiger partial charge >= 0.3 is 0 Å². The quantitative estimate of drug-likeness (QED) is 0.871. The molecule has 0 aliphatic carbocycles. The zero-order chi connectivity index (χ0) is 13.8. The smallest absolute Gasteiger partial charge is 0.0632 e. The molecule has 2 rings (SSSR count). The van der Waals surface area contributed by atoms with E-state index in [1.807, 2.05) is 0 Å². The number of aryl methyl sites for hydroxylation is 2. The summed E-state index contributed by atoms with van der Waals surface area (Å²) in [6, 6.07) is 2.73. The molecule has 3 heteroatoms. The van der Waals surface area contributed by atoms with Gasteiger partial charge in [0, 0.05) is 25.7 Å². The summed E-state index contributed by atoms with van der Waals surface area (Å²) in [5.74, 6) is 0. The third kappa shape index (κ3) is 3.56. The molecule has 0 radical (unpaired) electrons. The minimum Gasteiger partial charge on any atom is -0.378 e. The maximum atomic E-state index is 5.47. The average Bonchev–Trinajstić information content (AvgIpc) is 2.42. The van der Waals surface area contributed by atoms with Crippen molar-refractivity contribution in [1.82, 2.24) is 10.6 Å². The van der Waals surface area contributed by atoms with Gasteiger partial charge in [-0.05, 0) is 55.5 Å². The molecular formula is C16H26N2O. The molecule has 2 N–H and O–H groups in total. The van der Waals surface area contributed by atoms with Crippen LogP contribution in [0.3, 0.4) is 0 Å². The molecule has 1 fully saturated rings. The molecule has 1 aromatic carbocycles. The lowest BCUT2D eigenvalue weighted by atomic mass is 9.94. The number of nitrogens with one attached hydrogen (secondary N) is 2. The van der Waals surface area contributed by atoms with Crippen molar-refractivity contribution in [3.05, 3.63) is 33.9 Å². The van der Waals surface area contributed by atoms with E-state index in [2.05, 4.69) is 44.4 Å². The van der Waals surface area contributed by atoms with Crippen LogP contribution in [0.2, 0.25) is 0 Å². The lowest BCUT2D eigenvalue weighted by Crippen LogP contribution is -2.47. The highest BCUT2D eigenvalue weighted by Crippen LogP contribution is 2.21. The van der Waals surface area contributed by atoms with Gasteiger partial charge in [0.1, 0.15) is 0 Å². The third-order valence-corrected chi connectivity index (χ3v) is 4.21. The molecule has 1 atom stereocenters. The molecule has 1 saturated heterocycles. The zero-order valence-electron chi connectivity index (χ0n) is 12.6. The van der Waals surface area contributed by atoms with Gasteiger partial charge in [-0.1, -0.05) is 6.07 Å². The van der Waals surface area contributed by atoms with Crippen LogP contribution in [0.5, 0.6) is 0 Å². The van der Waals surface area contributed by atoms with Gasteiger partial charge < -0.3 is 15.4 Å². The van der Waals surface area contributed by atoms with Crippen molar-refractivity contribution >= 4 is 0 Å². The van der Waals surface area contributed by atoms with E-state index in [0.29, 0.717) is 6.04 Å². The first kappa shape index (κ1) is 14.5. The summed E-state index contributed by atoms with van der Waals surface area (Å²) in [5, 5.41) is 7.03. The predicted molar refractivity (Wildman–Crippen MR) is 79.7 cm³/mol. The average molecular weight is 262 g/mol. The molecule has 0 bridgehead atoms. The Hall–Kier alpha value is -0.900. The van der Waals surface area contributed by atoms with Gasteiger partial charge in [0.15, 0.2) is 0 Å². The van der Waals surface area contributed by atoms with E-state index < -0.39 is 0 Å². The minimum atomic E-state index is 0.445. The Labute approximate surface area is 116 Å². The van der Waals surface area contributed by atoms with Crippen molar-refractivity contribution < 1.29 is 4.74 Å². The number of rotatable bonds is 4. The highest BCUT2D eigenvalue weighted by atomic mass is 16.5. The maximum Gasteiger partial charge on any atom is 0.0632 e. The molecule has 1 aromatic rings. The molecule has 3 nitrogen and oxygen atoms in total. The maximum absolute atomic E-state index is 5.47. The number of ether oxygens (including phenoxy) is 1. The third-order valence-electron chi connectivity index (χ3n) is 4.21. The van der Waals surface area contributed by atoms with E-state index in [0.717, 1.165) is 32.8 Å². The first-order valence-electron chi connectivity index (χ1n) is 7.17. The zero-order valence-corrected chi connectivity index (χ0v) is 12.6. The molecule has 19 heavy (non-hydrogen) atoms. The summed E-state index contributed by atoms with van der Waals surface area (Å²) in [6.07, 6.45) is 0. The Kier molecular flexibility index (Phi) is 4.97. The first-order valence-corrected chi connectivity index (χ1v) is 7.17. The number of hydrogen-bond donors (Lipinski definition) is 2. The Morgan fingerprint density at radius 2 is 1.89 bits per heavy atom. The van der Waals surface area contributed by atoms with Gasteiger partial charge in [-0.2, -0.15) is 0 Å². The fraction of sp³-hybridized carbons (Fsp3) is 0.625. The molecule has 1 aliphatic rings. The van der Waals surface area contributed by atoms with E-state index >= 15 is 0 Å². The summed E-state index contributed by atoms with van der Waals surface area (Å²) in [7, 11) is 0. The van der Waals surface area contributed by atoms with E-state index in [9.17, 15) is 0 Å². The first-order chi connectivity index (χ1) is 9.09. The second-order valence-electron chi connectivity index (χ2n) is 5.60. The lowest BCUT2D eigenvalue weighted by molar-refractivity contribution is 0.0766. The molecule has 1 aliphatic heterocycles. The Balaban J connectivity index is 1.95. The van der Waals surface area contributed by atoms with Crippen LogP contribution in [0.1, 0.15) is 27.8 Å². The highest BCUT2D eigenvalue weighted by Gasteiger charge is 2.13. The van der Waals surface area contributed by atoms with Gasteiger partial charge in [0.25, 0.3) is 0 Å². The van der Waals surface area contributed by atoms with Crippen LogP contribution in [-0.4, -0.2) is 32.3 Å². The van der Waals surface area contributed by atoms with Gasteiger partial charge in [-0.3, -0.25) is 0 Å². The highest BCUT2D eigenvalue weighted by molar-refractivity contribution is 5.43. The fourth-order valence-electron chi connectivity index (χ4n) is 2.69. The minimum absolute atomic E-state index is 0.445. The predicted octanol–water partition coefficient (Wildman–Crippen LogP) is 2.00. The molecule has 0 saturated carbocycles. The van der Waals surface area contributed by atoms with Crippen molar-refractivity contribution in [2.75, 3.05) is 26.3 Å². The summed E-state index contributed by atoms with van der Waals surface area (Å²) < 4.78 is 5.47. The van der Waals surface area contributed by atoms with Crippen LogP contribution < -0.4 is 10.6 Å². The van der Waals surface area contributed by atoms with Crippen LogP contribution in [0.25, 0.3) is 0 Å². The van der Waals surface area contributed by atoms with Gasteiger partial charge in [-0.15, -0.1) is 0 Å². The van der Waals surface area contributed by atoms with E-state index in [4.69, 9.17) is 4.74 Å². The van der Waals surface area contributed by atoms with Crippen LogP contribution >= 0.6 is 0 Å². The summed E-state index contributed by atoms with van der Waals surface area (Å²) >= 11 is 0. The molecule has 0 amide bonds. The van der Waals surface area contributed by atoms with Gasteiger partial charge in [0.2, 0.25) is 0 Å². The molecule has 1 unspecified atom stereocenters. The standard InChI is InChI=1S/C16H26N2O/c1-11-7-12(2)14(4)16(13(11)3)9-17-8-15-10-19-6-5-18-15/h7,15,17-18H,5-6,8-10H2,1-4H3. The largest absolute Gasteiger partial charge is 0.378 e. The number of benzene rings is 1. The normalized spacial score (nSPS) is 19.7. The molecule has 106 valence electrons. The Morgan fingerprint density at radius 3 is 2.47 bits per heavy atom. The Morgan fingerprint density at radius 1 is 1.21 bits per heavy atom. The monoisotopic (exact) mass is 262 g/mol. The molecule has 0 aromatic heterocycles. The van der Waals surface area contributed by atoms with Gasteiger partial charge in [0.05, 0.1) is 13.2 Å². The van der Waals surface area contributed by atoms with Crippen molar-refractivity contribution in [2.45, 2.75) is 40.3 Å². The van der Waals surface area contributed by atoms with Crippen LogP contribution in [0.15, 0.2) is 6.07 Å². The molecular weight excluding hydrogens is 236 g/mol. The van der Waals surface area contributed by atoms with Crippen molar-refractivity contribution in [1.29, 1.82) is 0 Å². The van der Waals surface area contributed by atoms with Crippen LogP contribution in [-0.2, 0) is 11.3 Å². The van der Waals surface area contributed by atoms with E-state index in [1.165, 1.54) is 27.8 Å². The summed E-state index contributed by atoms with van der Waals surface area (Å²) in [5.41, 5.74) is 7.07. The number of morpholine rings is 1. The summed E-state index contributed by atoms with van der Waals surface area (Å²) in [6.45, 7) is 13.4. The second kappa shape index (κ2) is 6.51.